The normalized spacial score (nSPS) is 16.8. The molecule has 0 radical (unpaired) electrons. The first-order valence-electron chi connectivity index (χ1n) is 9.90. The van der Waals surface area contributed by atoms with Crippen LogP contribution >= 0.6 is 0 Å². The lowest BCUT2D eigenvalue weighted by atomic mass is 10.1. The van der Waals surface area contributed by atoms with Crippen LogP contribution in [-0.4, -0.2) is 37.3 Å². The van der Waals surface area contributed by atoms with Gasteiger partial charge < -0.3 is 19.5 Å². The zero-order chi connectivity index (χ0) is 20.6. The molecule has 0 spiro atoms. The van der Waals surface area contributed by atoms with Crippen LogP contribution in [0.2, 0.25) is 0 Å². The number of amides is 1. The van der Waals surface area contributed by atoms with Crippen molar-refractivity contribution >= 4 is 11.9 Å². The number of benzene rings is 2. The lowest BCUT2D eigenvalue weighted by Gasteiger charge is -2.14. The van der Waals surface area contributed by atoms with Crippen LogP contribution in [0, 0.1) is 6.92 Å². The molecule has 1 aliphatic heterocycles. The summed E-state index contributed by atoms with van der Waals surface area (Å²) in [6, 6.07) is 14.6. The Hall–Kier alpha value is -2.86. The number of hydrogen-bond donors (Lipinski definition) is 1. The first-order valence-corrected chi connectivity index (χ1v) is 9.90. The molecule has 6 heteroatoms. The lowest BCUT2D eigenvalue weighted by Crippen LogP contribution is -2.35. The van der Waals surface area contributed by atoms with Gasteiger partial charge in [0.05, 0.1) is 11.7 Å². The molecular formula is C23H27NO5. The first-order chi connectivity index (χ1) is 14.0. The Kier molecular flexibility index (Phi) is 7.25. The summed E-state index contributed by atoms with van der Waals surface area (Å²) in [6.45, 7) is 5.24. The maximum atomic E-state index is 12.3. The zero-order valence-electron chi connectivity index (χ0n) is 16.9. The van der Waals surface area contributed by atoms with Crippen molar-refractivity contribution < 1.29 is 23.8 Å². The smallest absolute Gasteiger partial charge is 0.338 e. The van der Waals surface area contributed by atoms with Crippen molar-refractivity contribution in [2.75, 3.05) is 13.2 Å². The predicted molar refractivity (Wildman–Crippen MR) is 109 cm³/mol. The van der Waals surface area contributed by atoms with E-state index in [9.17, 15) is 9.59 Å². The third-order valence-electron chi connectivity index (χ3n) is 4.79. The van der Waals surface area contributed by atoms with Gasteiger partial charge in [0.2, 0.25) is 0 Å². The summed E-state index contributed by atoms with van der Waals surface area (Å²) in [5, 5.41) is 2.78. The van der Waals surface area contributed by atoms with Crippen LogP contribution in [0.1, 0.15) is 41.3 Å². The number of rotatable bonds is 8. The molecule has 0 bridgehead atoms. The fraction of sp³-hybridized carbons (Fsp3) is 0.391. The van der Waals surface area contributed by atoms with E-state index in [2.05, 4.69) is 5.32 Å². The molecule has 0 unspecified atom stereocenters. The highest BCUT2D eigenvalue weighted by Gasteiger charge is 2.19. The van der Waals surface area contributed by atoms with Gasteiger partial charge >= 0.3 is 5.97 Å². The minimum absolute atomic E-state index is 0.138. The maximum Gasteiger partial charge on any atom is 0.338 e. The van der Waals surface area contributed by atoms with Crippen molar-refractivity contribution in [3.8, 4) is 5.75 Å². The van der Waals surface area contributed by atoms with Crippen molar-refractivity contribution in [2.24, 2.45) is 0 Å². The van der Waals surface area contributed by atoms with E-state index >= 15 is 0 Å². The minimum atomic E-state index is -0.886. The molecule has 2 atom stereocenters. The third-order valence-corrected chi connectivity index (χ3v) is 4.79. The fourth-order valence-corrected chi connectivity index (χ4v) is 2.97. The van der Waals surface area contributed by atoms with Crippen LogP contribution in [-0.2, 0) is 20.8 Å². The lowest BCUT2D eigenvalue weighted by molar-refractivity contribution is -0.129. The van der Waals surface area contributed by atoms with E-state index in [-0.39, 0.29) is 12.0 Å². The average Bonchev–Trinajstić information content (AvgIpc) is 3.25. The van der Waals surface area contributed by atoms with E-state index in [4.69, 9.17) is 14.2 Å². The highest BCUT2D eigenvalue weighted by molar-refractivity contribution is 5.92. The average molecular weight is 397 g/mol. The molecule has 1 N–H and O–H groups in total. The van der Waals surface area contributed by atoms with Gasteiger partial charge in [0.1, 0.15) is 12.4 Å². The Balaban J connectivity index is 1.44. The Bertz CT molecular complexity index is 810. The molecule has 0 aromatic heterocycles. The Morgan fingerprint density at radius 1 is 1.14 bits per heavy atom. The molecule has 0 saturated carbocycles. The first kappa shape index (κ1) is 20.9. The molecule has 29 heavy (non-hydrogen) atoms. The van der Waals surface area contributed by atoms with Crippen molar-refractivity contribution in [3.05, 3.63) is 65.2 Å². The van der Waals surface area contributed by atoms with E-state index in [0.717, 1.165) is 30.6 Å². The summed E-state index contributed by atoms with van der Waals surface area (Å²) in [5.74, 6) is -0.218. The number of carbonyl (C=O) groups is 2. The van der Waals surface area contributed by atoms with Gasteiger partial charge in [0, 0.05) is 13.2 Å². The van der Waals surface area contributed by atoms with Gasteiger partial charge in [-0.05, 0) is 56.5 Å². The second-order valence-electron chi connectivity index (χ2n) is 7.22. The second-order valence-corrected chi connectivity index (χ2v) is 7.22. The van der Waals surface area contributed by atoms with Gasteiger partial charge in [0.25, 0.3) is 5.91 Å². The topological polar surface area (TPSA) is 73.9 Å². The van der Waals surface area contributed by atoms with Gasteiger partial charge in [-0.3, -0.25) is 4.79 Å². The Morgan fingerprint density at radius 2 is 1.86 bits per heavy atom. The summed E-state index contributed by atoms with van der Waals surface area (Å²) < 4.78 is 16.5. The zero-order valence-corrected chi connectivity index (χ0v) is 16.9. The summed E-state index contributed by atoms with van der Waals surface area (Å²) in [4.78, 5) is 24.5. The van der Waals surface area contributed by atoms with Crippen LogP contribution in [0.3, 0.4) is 0 Å². The number of esters is 1. The predicted octanol–water partition coefficient (Wildman–Crippen LogP) is 3.41. The summed E-state index contributed by atoms with van der Waals surface area (Å²) in [6.07, 6.45) is 1.33. The number of aryl methyl sites for hydroxylation is 1. The molecule has 1 amide bonds. The number of nitrogens with one attached hydrogen (secondary N) is 1. The van der Waals surface area contributed by atoms with Gasteiger partial charge in [-0.2, -0.15) is 0 Å². The van der Waals surface area contributed by atoms with Crippen LogP contribution in [0.25, 0.3) is 0 Å². The fourth-order valence-electron chi connectivity index (χ4n) is 2.97. The molecule has 1 aliphatic rings. The molecule has 154 valence electrons. The number of ether oxygens (including phenoxy) is 3. The molecule has 2 aromatic carbocycles. The van der Waals surface area contributed by atoms with Gasteiger partial charge in [0.15, 0.2) is 6.10 Å². The van der Waals surface area contributed by atoms with Crippen LogP contribution < -0.4 is 10.1 Å². The molecule has 2 aromatic rings. The summed E-state index contributed by atoms with van der Waals surface area (Å²) in [7, 11) is 0. The van der Waals surface area contributed by atoms with Gasteiger partial charge in [-0.1, -0.05) is 29.8 Å². The van der Waals surface area contributed by atoms with Crippen molar-refractivity contribution in [1.82, 2.24) is 5.32 Å². The summed E-state index contributed by atoms with van der Waals surface area (Å²) in [5.41, 5.74) is 2.51. The van der Waals surface area contributed by atoms with Crippen molar-refractivity contribution in [2.45, 2.75) is 45.4 Å². The van der Waals surface area contributed by atoms with Gasteiger partial charge in [-0.25, -0.2) is 4.79 Å². The largest absolute Gasteiger partial charge is 0.491 e. The third kappa shape index (κ3) is 6.32. The molecule has 3 rings (SSSR count). The van der Waals surface area contributed by atoms with E-state index < -0.39 is 12.1 Å². The quantitative estimate of drug-likeness (QED) is 0.691. The van der Waals surface area contributed by atoms with E-state index in [1.807, 2.05) is 31.2 Å². The SMILES string of the molecule is Cc1ccc(CNC(=O)[C@H](C)OC(=O)c2ccc(OC[C@H]3CCCO3)cc2)cc1. The molecule has 1 heterocycles. The summed E-state index contributed by atoms with van der Waals surface area (Å²) >= 11 is 0. The molecule has 6 nitrogen and oxygen atoms in total. The second kappa shape index (κ2) is 10.1. The minimum Gasteiger partial charge on any atom is -0.491 e. The molecule has 1 saturated heterocycles. The standard InChI is InChI=1S/C23H27NO5/c1-16-5-7-18(8-6-16)14-24-22(25)17(2)29-23(26)19-9-11-20(12-10-19)28-15-21-4-3-13-27-21/h5-12,17,21H,3-4,13-15H2,1-2H3,(H,24,25)/t17-,21+/m0/s1. The molecule has 0 aliphatic carbocycles. The van der Waals surface area contributed by atoms with Crippen molar-refractivity contribution in [3.63, 3.8) is 0 Å². The highest BCUT2D eigenvalue weighted by Crippen LogP contribution is 2.17. The maximum absolute atomic E-state index is 12.3. The van der Waals surface area contributed by atoms with Crippen LogP contribution in [0.4, 0.5) is 0 Å². The van der Waals surface area contributed by atoms with Gasteiger partial charge in [-0.15, -0.1) is 0 Å². The molecule has 1 fully saturated rings. The Morgan fingerprint density at radius 3 is 2.52 bits per heavy atom. The highest BCUT2D eigenvalue weighted by atomic mass is 16.5. The number of hydrogen-bond acceptors (Lipinski definition) is 5. The number of carbonyl (C=O) groups excluding carboxylic acids is 2. The molecular weight excluding hydrogens is 370 g/mol. The van der Waals surface area contributed by atoms with Crippen molar-refractivity contribution in [1.29, 1.82) is 0 Å². The Labute approximate surface area is 171 Å². The monoisotopic (exact) mass is 397 g/mol. The van der Waals surface area contributed by atoms with Crippen LogP contribution in [0.5, 0.6) is 5.75 Å². The van der Waals surface area contributed by atoms with E-state index in [1.165, 1.54) is 0 Å². The van der Waals surface area contributed by atoms with Crippen LogP contribution in [0.15, 0.2) is 48.5 Å². The van der Waals surface area contributed by atoms with E-state index in [1.54, 1.807) is 31.2 Å². The van der Waals surface area contributed by atoms with E-state index in [0.29, 0.717) is 24.5 Å².